The minimum atomic E-state index is 0.214. The first-order valence-corrected chi connectivity index (χ1v) is 7.14. The number of hydrogen-bond acceptors (Lipinski definition) is 2. The van der Waals surface area contributed by atoms with Crippen LogP contribution in [0.2, 0.25) is 0 Å². The second kappa shape index (κ2) is 6.01. The van der Waals surface area contributed by atoms with Gasteiger partial charge in [-0.15, -0.1) is 0 Å². The Morgan fingerprint density at radius 1 is 1.47 bits per heavy atom. The maximum absolute atomic E-state index is 4.32. The molecule has 0 aromatic carbocycles. The van der Waals surface area contributed by atoms with E-state index >= 15 is 0 Å². The quantitative estimate of drug-likeness (QED) is 0.869. The molecular weight excluding hydrogens is 278 g/mol. The van der Waals surface area contributed by atoms with Crippen LogP contribution in [0.4, 0.5) is 0 Å². The van der Waals surface area contributed by atoms with Crippen molar-refractivity contribution in [3.8, 4) is 0 Å². The fourth-order valence-corrected chi connectivity index (χ4v) is 2.56. The van der Waals surface area contributed by atoms with Gasteiger partial charge in [-0.1, -0.05) is 27.7 Å². The van der Waals surface area contributed by atoms with Gasteiger partial charge in [-0.3, -0.25) is 4.68 Å². The number of hydrogen-bond donors (Lipinski definition) is 1. The summed E-state index contributed by atoms with van der Waals surface area (Å²) >= 11 is 3.61. The van der Waals surface area contributed by atoms with Crippen LogP contribution >= 0.6 is 15.9 Å². The lowest BCUT2D eigenvalue weighted by Gasteiger charge is -2.34. The zero-order valence-electron chi connectivity index (χ0n) is 11.5. The highest BCUT2D eigenvalue weighted by molar-refractivity contribution is 9.10. The molecule has 1 rings (SSSR count). The van der Waals surface area contributed by atoms with Crippen molar-refractivity contribution in [2.75, 3.05) is 6.54 Å². The topological polar surface area (TPSA) is 29.9 Å². The first-order valence-electron chi connectivity index (χ1n) is 6.34. The summed E-state index contributed by atoms with van der Waals surface area (Å²) in [5.74, 6) is 0. The Balaban J connectivity index is 3.06. The first-order chi connectivity index (χ1) is 7.94. The second-order valence-corrected chi connectivity index (χ2v) is 6.08. The summed E-state index contributed by atoms with van der Waals surface area (Å²) in [6.45, 7) is 10.1. The molecule has 0 aliphatic rings. The molecule has 0 fully saturated rings. The Hall–Kier alpha value is -0.350. The van der Waals surface area contributed by atoms with E-state index in [2.05, 4.69) is 54.0 Å². The summed E-state index contributed by atoms with van der Waals surface area (Å²) in [4.78, 5) is 0. The highest BCUT2D eigenvalue weighted by atomic mass is 79.9. The predicted molar refractivity (Wildman–Crippen MR) is 76.0 cm³/mol. The number of nitrogens with zero attached hydrogens (tertiary/aromatic N) is 2. The van der Waals surface area contributed by atoms with Crippen LogP contribution in [0.15, 0.2) is 10.7 Å². The normalized spacial score (nSPS) is 14.0. The molecule has 4 heteroatoms. The SMILES string of the molecule is CCCNC(c1c(Br)cnn1C)C(C)(C)CC. The maximum Gasteiger partial charge on any atom is 0.0697 e. The van der Waals surface area contributed by atoms with Gasteiger partial charge in [0.2, 0.25) is 0 Å². The molecular formula is C13H24BrN3. The summed E-state index contributed by atoms with van der Waals surface area (Å²) in [6, 6.07) is 0.328. The highest BCUT2D eigenvalue weighted by Crippen LogP contribution is 2.38. The van der Waals surface area contributed by atoms with Crippen LogP contribution in [0.5, 0.6) is 0 Å². The van der Waals surface area contributed by atoms with Crippen LogP contribution in [-0.4, -0.2) is 16.3 Å². The van der Waals surface area contributed by atoms with Crippen LogP contribution in [0.3, 0.4) is 0 Å². The van der Waals surface area contributed by atoms with Crippen LogP contribution in [0, 0.1) is 5.41 Å². The molecule has 3 nitrogen and oxygen atoms in total. The van der Waals surface area contributed by atoms with E-state index < -0.39 is 0 Å². The molecule has 1 unspecified atom stereocenters. The summed E-state index contributed by atoms with van der Waals surface area (Å²) in [7, 11) is 2.01. The van der Waals surface area contributed by atoms with Crippen molar-refractivity contribution >= 4 is 15.9 Å². The second-order valence-electron chi connectivity index (χ2n) is 5.23. The molecule has 1 aromatic rings. The van der Waals surface area contributed by atoms with E-state index in [4.69, 9.17) is 0 Å². The van der Waals surface area contributed by atoms with Gasteiger partial charge in [-0.25, -0.2) is 0 Å². The van der Waals surface area contributed by atoms with Crippen molar-refractivity contribution in [2.24, 2.45) is 12.5 Å². The lowest BCUT2D eigenvalue weighted by molar-refractivity contribution is 0.224. The van der Waals surface area contributed by atoms with Crippen LogP contribution in [0.25, 0.3) is 0 Å². The van der Waals surface area contributed by atoms with Crippen LogP contribution in [0.1, 0.15) is 52.3 Å². The van der Waals surface area contributed by atoms with Crippen molar-refractivity contribution in [3.63, 3.8) is 0 Å². The number of rotatable bonds is 6. The van der Waals surface area contributed by atoms with Gasteiger partial charge in [0.15, 0.2) is 0 Å². The third-order valence-electron chi connectivity index (χ3n) is 3.50. The summed E-state index contributed by atoms with van der Waals surface area (Å²) in [5.41, 5.74) is 1.45. The molecule has 1 N–H and O–H groups in total. The number of aryl methyl sites for hydroxylation is 1. The minimum Gasteiger partial charge on any atom is -0.308 e. The number of nitrogens with one attached hydrogen (secondary N) is 1. The molecule has 17 heavy (non-hydrogen) atoms. The van der Waals surface area contributed by atoms with E-state index in [1.165, 1.54) is 5.69 Å². The molecule has 0 saturated carbocycles. The monoisotopic (exact) mass is 301 g/mol. The predicted octanol–water partition coefficient (Wildman–Crippen LogP) is 3.66. The lowest BCUT2D eigenvalue weighted by atomic mass is 9.80. The fraction of sp³-hybridized carbons (Fsp3) is 0.769. The zero-order chi connectivity index (χ0) is 13.1. The Morgan fingerprint density at radius 2 is 2.12 bits per heavy atom. The molecule has 98 valence electrons. The molecule has 0 amide bonds. The lowest BCUT2D eigenvalue weighted by Crippen LogP contribution is -2.36. The summed E-state index contributed by atoms with van der Waals surface area (Å²) in [5, 5.41) is 7.98. The van der Waals surface area contributed by atoms with E-state index in [9.17, 15) is 0 Å². The van der Waals surface area contributed by atoms with Gasteiger partial charge >= 0.3 is 0 Å². The molecule has 1 aromatic heterocycles. The molecule has 0 aliphatic carbocycles. The van der Waals surface area contributed by atoms with Crippen LogP contribution < -0.4 is 5.32 Å². The molecule has 0 radical (unpaired) electrons. The molecule has 1 atom stereocenters. The van der Waals surface area contributed by atoms with Crippen molar-refractivity contribution in [1.82, 2.24) is 15.1 Å². The summed E-state index contributed by atoms with van der Waals surface area (Å²) < 4.78 is 3.06. The van der Waals surface area contributed by atoms with Crippen molar-refractivity contribution in [2.45, 2.75) is 46.6 Å². The average molecular weight is 302 g/mol. The fourth-order valence-electron chi connectivity index (χ4n) is 1.98. The molecule has 0 spiro atoms. The maximum atomic E-state index is 4.32. The average Bonchev–Trinajstić information content (AvgIpc) is 2.61. The standard InChI is InChI=1S/C13H24BrN3/c1-6-8-15-12(13(3,4)7-2)11-10(14)9-16-17(11)5/h9,12,15H,6-8H2,1-5H3. The van der Waals surface area contributed by atoms with Gasteiger partial charge in [0.25, 0.3) is 0 Å². The Bertz CT molecular complexity index is 338. The van der Waals surface area contributed by atoms with E-state index in [0.717, 1.165) is 23.9 Å². The number of aromatic nitrogens is 2. The van der Waals surface area contributed by atoms with Crippen molar-refractivity contribution in [1.29, 1.82) is 0 Å². The molecule has 1 heterocycles. The van der Waals surface area contributed by atoms with Gasteiger partial charge in [-0.05, 0) is 40.7 Å². The van der Waals surface area contributed by atoms with Gasteiger partial charge in [0, 0.05) is 7.05 Å². The Labute approximate surface area is 113 Å². The summed E-state index contributed by atoms with van der Waals surface area (Å²) in [6.07, 6.45) is 4.15. The Kier molecular flexibility index (Phi) is 5.20. The van der Waals surface area contributed by atoms with Gasteiger partial charge < -0.3 is 5.32 Å². The highest BCUT2D eigenvalue weighted by Gasteiger charge is 2.32. The van der Waals surface area contributed by atoms with Gasteiger partial charge in [0.1, 0.15) is 0 Å². The van der Waals surface area contributed by atoms with E-state index in [-0.39, 0.29) is 5.41 Å². The van der Waals surface area contributed by atoms with Crippen molar-refractivity contribution < 1.29 is 0 Å². The van der Waals surface area contributed by atoms with Crippen molar-refractivity contribution in [3.05, 3.63) is 16.4 Å². The first kappa shape index (κ1) is 14.7. The number of halogens is 1. The third kappa shape index (κ3) is 3.32. The van der Waals surface area contributed by atoms with Gasteiger partial charge in [0.05, 0.1) is 22.4 Å². The smallest absolute Gasteiger partial charge is 0.0697 e. The van der Waals surface area contributed by atoms with Gasteiger partial charge in [-0.2, -0.15) is 5.10 Å². The molecule has 0 saturated heterocycles. The zero-order valence-corrected chi connectivity index (χ0v) is 13.1. The van der Waals surface area contributed by atoms with Crippen LogP contribution in [-0.2, 0) is 7.05 Å². The minimum absolute atomic E-state index is 0.214. The van der Waals surface area contributed by atoms with E-state index in [0.29, 0.717) is 6.04 Å². The molecule has 0 bridgehead atoms. The Morgan fingerprint density at radius 3 is 2.53 bits per heavy atom. The van der Waals surface area contributed by atoms with E-state index in [1.54, 1.807) is 0 Å². The molecule has 0 aliphatic heterocycles. The van der Waals surface area contributed by atoms with E-state index in [1.807, 2.05) is 17.9 Å². The third-order valence-corrected chi connectivity index (χ3v) is 4.11. The largest absolute Gasteiger partial charge is 0.308 e.